The first kappa shape index (κ1) is 46.0. The van der Waals surface area contributed by atoms with E-state index in [0.717, 1.165) is 16.7 Å². The molecule has 296 valence electrons. The van der Waals surface area contributed by atoms with Crippen LogP contribution in [0.15, 0.2) is 77.2 Å². The fraction of sp³-hybridized carbons (Fsp3) is 0.273. The van der Waals surface area contributed by atoms with Gasteiger partial charge in [-0.2, -0.15) is 10.5 Å². The highest BCUT2D eigenvalue weighted by Gasteiger charge is 2.27. The largest absolute Gasteiger partial charge is 0.420 e. The molecule has 5 rings (SSSR count). The maximum Gasteiger partial charge on any atom is 0.247 e. The van der Waals surface area contributed by atoms with Crippen molar-refractivity contribution in [2.75, 3.05) is 6.54 Å². The van der Waals surface area contributed by atoms with Gasteiger partial charge in [-0.3, -0.25) is 9.59 Å². The number of aliphatic hydroxyl groups excluding tert-OH is 2. The second-order valence-electron chi connectivity index (χ2n) is 13.2. The third-order valence-corrected chi connectivity index (χ3v) is 10.3. The average Bonchev–Trinajstić information content (AvgIpc) is 3.71. The van der Waals surface area contributed by atoms with Crippen LogP contribution in [0.25, 0.3) is 21.1 Å². The highest BCUT2D eigenvalue weighted by molar-refractivity contribution is 6.34. The van der Waals surface area contributed by atoms with Crippen LogP contribution >= 0.6 is 23.2 Å². The summed E-state index contributed by atoms with van der Waals surface area (Å²) in [5, 5.41) is 49.6. The summed E-state index contributed by atoms with van der Waals surface area (Å²) in [5.41, 5.74) is 5.94. The number of rotatable bonds is 12. The molecular formula is C44H41Cl2N7O5. The first-order valence-corrected chi connectivity index (χ1v) is 18.3. The number of carbonyl (C=O) groups excluding carboxylic acids is 2. The first-order chi connectivity index (χ1) is 27.2. The van der Waals surface area contributed by atoms with Crippen LogP contribution in [0.2, 0.25) is 10.0 Å². The predicted molar refractivity (Wildman–Crippen MR) is 222 cm³/mol. The standard InChI is InChI=1S/C22H20ClN3O3.C21H17ClN4O2.CH4/c1-13-17(8-9-19(25-3)21(13)23)10-18(14(2)27)22(29)26-12-20(28)16-6-4-15(11-24)5-7-16;1-12-16(8-9-18(24-3)19(12)22)10-17(13(2)27)21-26-25-20(28-21)15-6-4-14(11-23)5-7-15;/h4-9,14,18,27H,10,12H2,1-2H3,(H,26,29);4-9,13,17,27H,10H2,1-2H3;1H4/t14-,18-;13-,17-;/m11./s1. The van der Waals surface area contributed by atoms with Crippen molar-refractivity contribution < 1.29 is 24.2 Å². The molecule has 1 heterocycles. The molecular weight excluding hydrogens is 777 g/mol. The van der Waals surface area contributed by atoms with Gasteiger partial charge in [0.1, 0.15) is 0 Å². The van der Waals surface area contributed by atoms with Crippen LogP contribution in [-0.2, 0) is 17.6 Å². The molecule has 0 saturated carbocycles. The molecule has 4 atom stereocenters. The van der Waals surface area contributed by atoms with Crippen molar-refractivity contribution >= 4 is 46.3 Å². The minimum Gasteiger partial charge on any atom is -0.420 e. The molecule has 1 amide bonds. The molecule has 3 N–H and O–H groups in total. The van der Waals surface area contributed by atoms with Crippen LogP contribution in [-0.4, -0.2) is 50.9 Å². The molecule has 0 spiro atoms. The highest BCUT2D eigenvalue weighted by Crippen LogP contribution is 2.35. The second kappa shape index (κ2) is 21.2. The highest BCUT2D eigenvalue weighted by atomic mass is 35.5. The zero-order valence-corrected chi connectivity index (χ0v) is 32.9. The van der Waals surface area contributed by atoms with E-state index in [1.54, 1.807) is 56.3 Å². The number of ketones is 1. The van der Waals surface area contributed by atoms with Gasteiger partial charge in [0.15, 0.2) is 5.78 Å². The molecule has 0 fully saturated rings. The number of nitrogens with zero attached hydrogens (tertiary/aromatic N) is 6. The number of halogens is 2. The number of aromatic nitrogens is 2. The summed E-state index contributed by atoms with van der Waals surface area (Å²) < 4.78 is 5.81. The monoisotopic (exact) mass is 817 g/mol. The molecule has 1 aromatic heterocycles. The average molecular weight is 819 g/mol. The lowest BCUT2D eigenvalue weighted by molar-refractivity contribution is -0.127. The predicted octanol–water partition coefficient (Wildman–Crippen LogP) is 9.07. The van der Waals surface area contributed by atoms with Gasteiger partial charge in [-0.05, 0) is 99.2 Å². The first-order valence-electron chi connectivity index (χ1n) is 17.5. The summed E-state index contributed by atoms with van der Waals surface area (Å²) in [6, 6.07) is 23.8. The Hall–Kier alpha value is -6.38. The van der Waals surface area contributed by atoms with Gasteiger partial charge in [0.25, 0.3) is 0 Å². The fourth-order valence-corrected chi connectivity index (χ4v) is 6.23. The summed E-state index contributed by atoms with van der Waals surface area (Å²) in [4.78, 5) is 31.6. The summed E-state index contributed by atoms with van der Waals surface area (Å²) in [5.74, 6) is -1.31. The molecule has 0 radical (unpaired) electrons. The number of Topliss-reactive ketones (excluding diaryl/α,β-unsaturated/α-hetero) is 1. The third-order valence-electron chi connectivity index (χ3n) is 9.36. The van der Waals surface area contributed by atoms with Crippen molar-refractivity contribution in [1.29, 1.82) is 10.5 Å². The van der Waals surface area contributed by atoms with Gasteiger partial charge in [0, 0.05) is 11.1 Å². The van der Waals surface area contributed by atoms with E-state index < -0.39 is 30.0 Å². The lowest BCUT2D eigenvalue weighted by Crippen LogP contribution is -2.40. The molecule has 0 aliphatic heterocycles. The van der Waals surface area contributed by atoms with Gasteiger partial charge in [-0.1, -0.05) is 67.0 Å². The van der Waals surface area contributed by atoms with E-state index in [1.165, 1.54) is 31.2 Å². The Balaban J connectivity index is 0.000000305. The van der Waals surface area contributed by atoms with E-state index in [9.17, 15) is 19.8 Å². The van der Waals surface area contributed by atoms with Crippen molar-refractivity contribution in [2.24, 2.45) is 5.92 Å². The summed E-state index contributed by atoms with van der Waals surface area (Å²) >= 11 is 12.5. The second-order valence-corrected chi connectivity index (χ2v) is 13.9. The van der Waals surface area contributed by atoms with Crippen LogP contribution in [0.1, 0.15) is 76.8 Å². The van der Waals surface area contributed by atoms with Crippen molar-refractivity contribution in [1.82, 2.24) is 15.5 Å². The Morgan fingerprint density at radius 3 is 1.76 bits per heavy atom. The molecule has 4 aromatic carbocycles. The zero-order valence-electron chi connectivity index (χ0n) is 31.4. The fourth-order valence-electron chi connectivity index (χ4n) is 5.78. The van der Waals surface area contributed by atoms with E-state index in [1.807, 2.05) is 19.1 Å². The van der Waals surface area contributed by atoms with Crippen LogP contribution in [0, 0.1) is 55.6 Å². The van der Waals surface area contributed by atoms with E-state index in [-0.39, 0.29) is 26.2 Å². The Bertz CT molecular complexity index is 2420. The van der Waals surface area contributed by atoms with Crippen molar-refractivity contribution in [3.8, 4) is 23.6 Å². The number of amides is 1. The summed E-state index contributed by atoms with van der Waals surface area (Å²) in [6.45, 7) is 20.8. The quantitative estimate of drug-likeness (QED) is 0.0817. The normalized spacial score (nSPS) is 12.3. The third kappa shape index (κ3) is 11.4. The van der Waals surface area contributed by atoms with E-state index >= 15 is 0 Å². The van der Waals surface area contributed by atoms with Crippen LogP contribution < -0.4 is 5.32 Å². The molecule has 0 unspecified atom stereocenters. The molecule has 12 nitrogen and oxygen atoms in total. The molecule has 0 aliphatic rings. The van der Waals surface area contributed by atoms with Crippen LogP contribution in [0.4, 0.5) is 11.4 Å². The molecule has 0 saturated heterocycles. The van der Waals surface area contributed by atoms with Crippen molar-refractivity contribution in [3.63, 3.8) is 0 Å². The van der Waals surface area contributed by atoms with E-state index in [4.69, 9.17) is 51.3 Å². The molecule has 58 heavy (non-hydrogen) atoms. The van der Waals surface area contributed by atoms with Gasteiger partial charge in [-0.15, -0.1) is 10.2 Å². The van der Waals surface area contributed by atoms with E-state index in [2.05, 4.69) is 31.3 Å². The number of carbonyl (C=O) groups is 2. The Kier molecular flexibility index (Phi) is 16.8. The van der Waals surface area contributed by atoms with Gasteiger partial charge >= 0.3 is 0 Å². The Morgan fingerprint density at radius 2 is 1.29 bits per heavy atom. The van der Waals surface area contributed by atoms with Crippen LogP contribution in [0.3, 0.4) is 0 Å². The minimum atomic E-state index is -0.946. The van der Waals surface area contributed by atoms with E-state index in [0.29, 0.717) is 67.4 Å². The number of benzene rings is 4. The molecule has 14 heteroatoms. The lowest BCUT2D eigenvalue weighted by atomic mass is 9.91. The lowest BCUT2D eigenvalue weighted by Gasteiger charge is -2.21. The number of hydrogen-bond acceptors (Lipinski definition) is 9. The van der Waals surface area contributed by atoms with Gasteiger partial charge in [-0.25, -0.2) is 9.69 Å². The summed E-state index contributed by atoms with van der Waals surface area (Å²) in [6.07, 6.45) is -1.01. The van der Waals surface area contributed by atoms with Crippen molar-refractivity contribution in [2.45, 2.75) is 66.1 Å². The van der Waals surface area contributed by atoms with Crippen LogP contribution in [0.5, 0.6) is 0 Å². The maximum absolute atomic E-state index is 12.6. The number of nitrogens with one attached hydrogen (secondary N) is 1. The topological polar surface area (TPSA) is 182 Å². The zero-order chi connectivity index (χ0) is 41.8. The molecule has 0 bridgehead atoms. The Labute approximate surface area is 348 Å². The minimum absolute atomic E-state index is 0. The van der Waals surface area contributed by atoms with Gasteiger partial charge in [0.05, 0.1) is 77.0 Å². The Morgan fingerprint density at radius 1 is 0.793 bits per heavy atom. The molecule has 5 aromatic rings. The van der Waals surface area contributed by atoms with Gasteiger partial charge < -0.3 is 19.9 Å². The molecule has 0 aliphatic carbocycles. The van der Waals surface area contributed by atoms with Crippen molar-refractivity contribution in [3.05, 3.63) is 151 Å². The SMILES string of the molecule is C.[C-]#[N+]c1ccc(C[C@@H](C(=O)NCC(=O)c2ccc(C#N)cc2)[C@@H](C)O)c(C)c1Cl.[C-]#[N+]c1ccc(C[C@@H](c2nnc(-c3ccc(C#N)cc3)o2)[C@@H](C)O)c(C)c1Cl. The number of hydrogen-bond donors (Lipinski definition) is 3. The number of aliphatic hydroxyl groups is 2. The number of nitriles is 2. The maximum atomic E-state index is 12.6. The smallest absolute Gasteiger partial charge is 0.247 e. The van der Waals surface area contributed by atoms with Gasteiger partial charge in [0.2, 0.25) is 29.1 Å². The summed E-state index contributed by atoms with van der Waals surface area (Å²) in [7, 11) is 0.